The smallest absolute Gasteiger partial charge is 0.437 e. The SMILES string of the molecule is O=C(Nc1ccc(N2CCN(C(=O)OC3CCCC3)CC2)nc1)c1oc(OC2Cc3ccccc3C2)nc1C(F)(F)F. The molecule has 0 atom stereocenters. The number of oxazole rings is 1. The van der Waals surface area contributed by atoms with Crippen molar-refractivity contribution < 1.29 is 36.7 Å². The second-order valence-electron chi connectivity index (χ2n) is 10.7. The Morgan fingerprint density at radius 2 is 1.64 bits per heavy atom. The molecule has 3 aromatic rings. The number of hydrogen-bond donors (Lipinski definition) is 1. The first-order valence-corrected chi connectivity index (χ1v) is 14.0. The maximum absolute atomic E-state index is 13.7. The van der Waals surface area contributed by atoms with Gasteiger partial charge in [-0.1, -0.05) is 24.3 Å². The number of fused-ring (bicyclic) bond motifs is 1. The zero-order valence-electron chi connectivity index (χ0n) is 22.7. The molecule has 2 amide bonds. The van der Waals surface area contributed by atoms with Crippen molar-refractivity contribution in [2.75, 3.05) is 36.4 Å². The highest BCUT2D eigenvalue weighted by Crippen LogP contribution is 2.35. The highest BCUT2D eigenvalue weighted by molar-refractivity contribution is 6.03. The molecule has 1 aromatic carbocycles. The summed E-state index contributed by atoms with van der Waals surface area (Å²) in [5, 5.41) is 2.40. The van der Waals surface area contributed by atoms with E-state index in [-0.39, 0.29) is 17.9 Å². The van der Waals surface area contributed by atoms with E-state index in [0.29, 0.717) is 44.8 Å². The number of alkyl halides is 3. The fourth-order valence-electron chi connectivity index (χ4n) is 5.62. The molecule has 1 saturated carbocycles. The Morgan fingerprint density at radius 1 is 0.952 bits per heavy atom. The van der Waals surface area contributed by atoms with E-state index in [1.807, 2.05) is 29.2 Å². The predicted octanol–water partition coefficient (Wildman–Crippen LogP) is 5.09. The van der Waals surface area contributed by atoms with Crippen molar-refractivity contribution in [3.63, 3.8) is 0 Å². The molecule has 10 nitrogen and oxygen atoms in total. The minimum Gasteiger partial charge on any atom is -0.446 e. The minimum atomic E-state index is -4.93. The molecule has 1 saturated heterocycles. The lowest BCUT2D eigenvalue weighted by Gasteiger charge is -2.35. The third-order valence-electron chi connectivity index (χ3n) is 7.80. The van der Waals surface area contributed by atoms with Gasteiger partial charge in [-0.25, -0.2) is 9.78 Å². The zero-order chi connectivity index (χ0) is 29.3. The number of hydrogen-bond acceptors (Lipinski definition) is 8. The lowest BCUT2D eigenvalue weighted by atomic mass is 10.1. The van der Waals surface area contributed by atoms with Crippen LogP contribution in [0.25, 0.3) is 0 Å². The lowest BCUT2D eigenvalue weighted by Crippen LogP contribution is -2.49. The Bertz CT molecular complexity index is 1410. The van der Waals surface area contributed by atoms with Crippen LogP contribution in [-0.2, 0) is 23.8 Å². The van der Waals surface area contributed by atoms with Crippen LogP contribution < -0.4 is 15.0 Å². The number of piperazine rings is 1. The minimum absolute atomic E-state index is 0.00777. The summed E-state index contributed by atoms with van der Waals surface area (Å²) in [4.78, 5) is 36.7. The van der Waals surface area contributed by atoms with Gasteiger partial charge in [0.05, 0.1) is 11.9 Å². The van der Waals surface area contributed by atoms with Gasteiger partial charge >= 0.3 is 18.3 Å². The fourth-order valence-corrected chi connectivity index (χ4v) is 5.62. The number of pyridine rings is 1. The Balaban J connectivity index is 1.06. The van der Waals surface area contributed by atoms with E-state index >= 15 is 0 Å². The van der Waals surface area contributed by atoms with Gasteiger partial charge in [-0.2, -0.15) is 18.2 Å². The second kappa shape index (κ2) is 11.5. The van der Waals surface area contributed by atoms with Crippen LogP contribution in [-0.4, -0.2) is 65.3 Å². The quantitative estimate of drug-likeness (QED) is 0.426. The van der Waals surface area contributed by atoms with E-state index in [1.165, 1.54) is 12.3 Å². The van der Waals surface area contributed by atoms with Crippen molar-refractivity contribution in [3.05, 3.63) is 65.2 Å². The summed E-state index contributed by atoms with van der Waals surface area (Å²) in [5.41, 5.74) is 0.811. The number of rotatable bonds is 6. The normalized spacial score (nSPS) is 17.8. The fraction of sp³-hybridized carbons (Fsp3) is 0.448. The van der Waals surface area contributed by atoms with Gasteiger partial charge in [0.1, 0.15) is 18.0 Å². The molecule has 2 aliphatic carbocycles. The molecule has 42 heavy (non-hydrogen) atoms. The van der Waals surface area contributed by atoms with E-state index in [9.17, 15) is 22.8 Å². The van der Waals surface area contributed by atoms with Crippen molar-refractivity contribution in [1.82, 2.24) is 14.9 Å². The van der Waals surface area contributed by atoms with Gasteiger partial charge < -0.3 is 29.0 Å². The highest BCUT2D eigenvalue weighted by atomic mass is 19.4. The Hall–Kier alpha value is -4.29. The maximum Gasteiger partial charge on any atom is 0.437 e. The molecular formula is C29H30F3N5O5. The van der Waals surface area contributed by atoms with Crippen molar-refractivity contribution in [1.29, 1.82) is 0 Å². The van der Waals surface area contributed by atoms with E-state index in [1.54, 1.807) is 11.0 Å². The Labute approximate surface area is 239 Å². The number of anilines is 2. The first-order chi connectivity index (χ1) is 20.2. The summed E-state index contributed by atoms with van der Waals surface area (Å²) in [6.07, 6.45) is 0.0808. The van der Waals surface area contributed by atoms with Crippen LogP contribution >= 0.6 is 0 Å². The molecule has 2 fully saturated rings. The van der Waals surface area contributed by atoms with Gasteiger partial charge in [0, 0.05) is 39.0 Å². The van der Waals surface area contributed by atoms with Crippen molar-refractivity contribution in [2.24, 2.45) is 0 Å². The van der Waals surface area contributed by atoms with E-state index in [0.717, 1.165) is 36.8 Å². The number of nitrogens with zero attached hydrogens (tertiary/aromatic N) is 4. The Morgan fingerprint density at radius 3 is 2.26 bits per heavy atom. The van der Waals surface area contributed by atoms with Crippen molar-refractivity contribution in [2.45, 2.75) is 56.9 Å². The average Bonchev–Trinajstić information content (AvgIpc) is 3.73. The predicted molar refractivity (Wildman–Crippen MR) is 144 cm³/mol. The summed E-state index contributed by atoms with van der Waals surface area (Å²) in [6, 6.07) is 10.8. The average molecular weight is 586 g/mol. The van der Waals surface area contributed by atoms with Crippen LogP contribution in [0.3, 0.4) is 0 Å². The first kappa shape index (κ1) is 27.9. The largest absolute Gasteiger partial charge is 0.446 e. The number of benzene rings is 1. The topological polar surface area (TPSA) is 110 Å². The van der Waals surface area contributed by atoms with E-state index in [2.05, 4.69) is 15.3 Å². The molecule has 0 unspecified atom stereocenters. The monoisotopic (exact) mass is 585 g/mol. The van der Waals surface area contributed by atoms with Crippen LogP contribution in [0.15, 0.2) is 47.0 Å². The zero-order valence-corrected chi connectivity index (χ0v) is 22.7. The molecular weight excluding hydrogens is 555 g/mol. The van der Waals surface area contributed by atoms with Gasteiger partial charge in [-0.3, -0.25) is 4.79 Å². The number of ether oxygens (including phenoxy) is 2. The van der Waals surface area contributed by atoms with Gasteiger partial charge in [0.15, 0.2) is 5.69 Å². The molecule has 6 rings (SSSR count). The third kappa shape index (κ3) is 6.14. The molecule has 222 valence electrons. The lowest BCUT2D eigenvalue weighted by molar-refractivity contribution is -0.141. The van der Waals surface area contributed by atoms with Crippen LogP contribution in [0.1, 0.15) is 53.1 Å². The first-order valence-electron chi connectivity index (χ1n) is 14.0. The van der Waals surface area contributed by atoms with E-state index < -0.39 is 35.7 Å². The van der Waals surface area contributed by atoms with Gasteiger partial charge in [-0.15, -0.1) is 0 Å². The second-order valence-corrected chi connectivity index (χ2v) is 10.7. The van der Waals surface area contributed by atoms with Gasteiger partial charge in [0.25, 0.3) is 5.91 Å². The summed E-state index contributed by atoms with van der Waals surface area (Å²) >= 11 is 0. The van der Waals surface area contributed by atoms with Gasteiger partial charge in [-0.05, 0) is 48.9 Å². The number of aromatic nitrogens is 2. The van der Waals surface area contributed by atoms with Crippen molar-refractivity contribution in [3.8, 4) is 6.08 Å². The molecule has 1 aliphatic heterocycles. The highest BCUT2D eigenvalue weighted by Gasteiger charge is 2.42. The summed E-state index contributed by atoms with van der Waals surface area (Å²) in [7, 11) is 0. The molecule has 13 heteroatoms. The standard InChI is InChI=1S/C29H30F3N5O5/c30-29(31,32)25-24(42-27(35-25)40-22-15-18-5-1-2-6-19(18)16-22)26(38)34-20-9-10-23(33-17-20)36-11-13-37(14-12-36)28(39)41-21-7-3-4-8-21/h1-2,5-6,9-10,17,21-22H,3-4,7-8,11-16H2,(H,34,38). The maximum atomic E-state index is 13.7. The summed E-state index contributed by atoms with van der Waals surface area (Å²) in [5.74, 6) is -1.50. The molecule has 3 heterocycles. The number of carbonyl (C=O) groups excluding carboxylic acids is 2. The molecule has 0 spiro atoms. The molecule has 2 aromatic heterocycles. The van der Waals surface area contributed by atoms with E-state index in [4.69, 9.17) is 13.9 Å². The number of carbonyl (C=O) groups is 2. The van der Waals surface area contributed by atoms with Crippen LogP contribution in [0.4, 0.5) is 29.5 Å². The third-order valence-corrected chi connectivity index (χ3v) is 7.80. The van der Waals surface area contributed by atoms with Crippen molar-refractivity contribution >= 4 is 23.5 Å². The van der Waals surface area contributed by atoms with Crippen LogP contribution in [0, 0.1) is 0 Å². The molecule has 0 radical (unpaired) electrons. The Kier molecular flexibility index (Phi) is 7.65. The molecule has 3 aliphatic rings. The summed E-state index contributed by atoms with van der Waals surface area (Å²) < 4.78 is 57.5. The number of nitrogens with one attached hydrogen (secondary N) is 1. The molecule has 0 bridgehead atoms. The number of halogens is 3. The summed E-state index contributed by atoms with van der Waals surface area (Å²) in [6.45, 7) is 2.05. The van der Waals surface area contributed by atoms with Crippen LogP contribution in [0.5, 0.6) is 6.08 Å². The van der Waals surface area contributed by atoms with Crippen LogP contribution in [0.2, 0.25) is 0 Å². The molecule has 1 N–H and O–H groups in total. The number of amides is 2. The van der Waals surface area contributed by atoms with Gasteiger partial charge in [0.2, 0.25) is 5.76 Å².